The van der Waals surface area contributed by atoms with Crippen molar-refractivity contribution in [3.8, 4) is 0 Å². The van der Waals surface area contributed by atoms with Crippen molar-refractivity contribution >= 4 is 5.82 Å². The molecule has 1 aliphatic carbocycles. The molecule has 1 aromatic heterocycles. The molecule has 0 unspecified atom stereocenters. The molecule has 0 amide bonds. The van der Waals surface area contributed by atoms with Crippen LogP contribution in [0.25, 0.3) is 0 Å². The highest BCUT2D eigenvalue weighted by Gasteiger charge is 2.28. The van der Waals surface area contributed by atoms with E-state index < -0.39 is 5.60 Å². The molecule has 1 N–H and O–H groups in total. The minimum absolute atomic E-state index is 0.419. The minimum atomic E-state index is -0.419. The third kappa shape index (κ3) is 2.27. The number of ether oxygens (including phenoxy) is 1. The molecule has 0 radical (unpaired) electrons. The molecule has 0 saturated heterocycles. The Morgan fingerprint density at radius 3 is 2.71 bits per heavy atom. The number of hydrogen-bond acceptors (Lipinski definition) is 4. The Hall–Kier alpha value is -1.16. The van der Waals surface area contributed by atoms with Gasteiger partial charge in [0.05, 0.1) is 0 Å². The predicted molar refractivity (Wildman–Crippen MR) is 68.3 cm³/mol. The van der Waals surface area contributed by atoms with Crippen LogP contribution >= 0.6 is 0 Å². The molecule has 0 saturated carbocycles. The zero-order valence-electron chi connectivity index (χ0n) is 11.1. The maximum absolute atomic E-state index is 5.72. The zero-order chi connectivity index (χ0) is 12.5. The fraction of sp³-hybridized carbons (Fsp3) is 0.692. The largest absolute Gasteiger partial charge is 0.373 e. The van der Waals surface area contributed by atoms with Crippen LogP contribution in [-0.2, 0) is 23.2 Å². The van der Waals surface area contributed by atoms with Crippen molar-refractivity contribution in [2.45, 2.75) is 45.6 Å². The first-order valence-electron chi connectivity index (χ1n) is 6.30. The lowest BCUT2D eigenvalue weighted by molar-refractivity contribution is -0.0208. The smallest absolute Gasteiger partial charge is 0.162 e. The minimum Gasteiger partial charge on any atom is -0.373 e. The van der Waals surface area contributed by atoms with Gasteiger partial charge in [-0.1, -0.05) is 0 Å². The van der Waals surface area contributed by atoms with Gasteiger partial charge in [-0.25, -0.2) is 9.97 Å². The average Bonchev–Trinajstić information content (AvgIpc) is 2.75. The Morgan fingerprint density at radius 1 is 1.29 bits per heavy atom. The van der Waals surface area contributed by atoms with Crippen LogP contribution in [0.3, 0.4) is 0 Å². The molecule has 0 fully saturated rings. The Bertz CT molecular complexity index is 415. The number of nitrogens with one attached hydrogen (secondary N) is 1. The number of nitrogens with zero attached hydrogens (tertiary/aromatic N) is 2. The summed E-state index contributed by atoms with van der Waals surface area (Å²) in [4.78, 5) is 9.28. The zero-order valence-corrected chi connectivity index (χ0v) is 11.1. The van der Waals surface area contributed by atoms with Gasteiger partial charge in [-0.15, -0.1) is 0 Å². The van der Waals surface area contributed by atoms with E-state index in [-0.39, 0.29) is 0 Å². The van der Waals surface area contributed by atoms with E-state index in [9.17, 15) is 0 Å². The molecule has 17 heavy (non-hydrogen) atoms. The molecule has 4 nitrogen and oxygen atoms in total. The van der Waals surface area contributed by atoms with Crippen LogP contribution < -0.4 is 5.32 Å². The van der Waals surface area contributed by atoms with Gasteiger partial charge in [0, 0.05) is 24.9 Å². The molecule has 2 rings (SSSR count). The first-order valence-corrected chi connectivity index (χ1v) is 6.30. The quantitative estimate of drug-likeness (QED) is 0.869. The maximum atomic E-state index is 5.72. The van der Waals surface area contributed by atoms with E-state index in [2.05, 4.69) is 15.3 Å². The first kappa shape index (κ1) is 12.3. The third-order valence-corrected chi connectivity index (χ3v) is 3.21. The van der Waals surface area contributed by atoms with Crippen molar-refractivity contribution in [3.63, 3.8) is 0 Å². The van der Waals surface area contributed by atoms with Gasteiger partial charge >= 0.3 is 0 Å². The van der Waals surface area contributed by atoms with Crippen molar-refractivity contribution in [1.82, 2.24) is 9.97 Å². The lowest BCUT2D eigenvalue weighted by Crippen LogP contribution is -2.26. The van der Waals surface area contributed by atoms with Crippen LogP contribution in [-0.4, -0.2) is 23.6 Å². The molecular formula is C13H21N3O. The lowest BCUT2D eigenvalue weighted by Gasteiger charge is -2.24. The van der Waals surface area contributed by atoms with Crippen LogP contribution in [0.4, 0.5) is 5.82 Å². The van der Waals surface area contributed by atoms with Crippen LogP contribution in [0.2, 0.25) is 0 Å². The Labute approximate surface area is 103 Å². The standard InChI is InChI=1S/C13H21N3O/c1-5-17-13(2,3)12-15-10-8-6-7-9(10)11(14-4)16-12/h5-8H2,1-4H3,(H,14,15,16). The fourth-order valence-electron chi connectivity index (χ4n) is 2.33. The lowest BCUT2D eigenvalue weighted by atomic mass is 10.1. The highest BCUT2D eigenvalue weighted by Crippen LogP contribution is 2.30. The van der Waals surface area contributed by atoms with Crippen molar-refractivity contribution < 1.29 is 4.74 Å². The summed E-state index contributed by atoms with van der Waals surface area (Å²) in [5.74, 6) is 1.75. The number of rotatable bonds is 4. The average molecular weight is 235 g/mol. The maximum Gasteiger partial charge on any atom is 0.162 e. The summed E-state index contributed by atoms with van der Waals surface area (Å²) >= 11 is 0. The summed E-state index contributed by atoms with van der Waals surface area (Å²) in [6.07, 6.45) is 3.32. The molecule has 1 aliphatic rings. The van der Waals surface area contributed by atoms with Crippen LogP contribution in [0.15, 0.2) is 0 Å². The van der Waals surface area contributed by atoms with Crippen molar-refractivity contribution in [3.05, 3.63) is 17.1 Å². The van der Waals surface area contributed by atoms with Gasteiger partial charge in [0.1, 0.15) is 11.4 Å². The molecule has 0 atom stereocenters. The van der Waals surface area contributed by atoms with E-state index >= 15 is 0 Å². The van der Waals surface area contributed by atoms with Gasteiger partial charge in [0.2, 0.25) is 0 Å². The number of fused-ring (bicyclic) bond motifs is 1. The van der Waals surface area contributed by atoms with Crippen molar-refractivity contribution in [2.24, 2.45) is 0 Å². The normalized spacial score (nSPS) is 14.8. The Kier molecular flexibility index (Phi) is 3.33. The Morgan fingerprint density at radius 2 is 2.06 bits per heavy atom. The molecular weight excluding hydrogens is 214 g/mol. The fourth-order valence-corrected chi connectivity index (χ4v) is 2.33. The first-order chi connectivity index (χ1) is 8.08. The summed E-state index contributed by atoms with van der Waals surface area (Å²) in [6.45, 7) is 6.70. The number of aromatic nitrogens is 2. The van der Waals surface area contributed by atoms with Gasteiger partial charge < -0.3 is 10.1 Å². The van der Waals surface area contributed by atoms with Crippen molar-refractivity contribution in [1.29, 1.82) is 0 Å². The second-order valence-corrected chi connectivity index (χ2v) is 4.87. The summed E-state index contributed by atoms with van der Waals surface area (Å²) in [5.41, 5.74) is 2.05. The number of anilines is 1. The Balaban J connectivity index is 2.43. The second-order valence-electron chi connectivity index (χ2n) is 4.87. The van der Waals surface area contributed by atoms with Crippen LogP contribution in [0.1, 0.15) is 44.3 Å². The van der Waals surface area contributed by atoms with E-state index in [0.717, 1.165) is 24.5 Å². The van der Waals surface area contributed by atoms with Gasteiger partial charge in [-0.3, -0.25) is 0 Å². The second kappa shape index (κ2) is 4.61. The van der Waals surface area contributed by atoms with E-state index in [0.29, 0.717) is 6.61 Å². The van der Waals surface area contributed by atoms with Gasteiger partial charge in [0.15, 0.2) is 5.82 Å². The molecule has 1 aromatic rings. The van der Waals surface area contributed by atoms with E-state index in [1.165, 1.54) is 17.7 Å². The van der Waals surface area contributed by atoms with Gasteiger partial charge in [0.25, 0.3) is 0 Å². The molecule has 0 aliphatic heterocycles. The number of hydrogen-bond donors (Lipinski definition) is 1. The molecule has 0 spiro atoms. The van der Waals surface area contributed by atoms with E-state index in [1.54, 1.807) is 0 Å². The predicted octanol–water partition coefficient (Wildman–Crippen LogP) is 2.28. The number of aryl methyl sites for hydroxylation is 1. The SMILES string of the molecule is CCOC(C)(C)c1nc2c(c(NC)n1)CCC2. The van der Waals surface area contributed by atoms with Crippen molar-refractivity contribution in [2.75, 3.05) is 19.0 Å². The van der Waals surface area contributed by atoms with E-state index in [4.69, 9.17) is 4.74 Å². The van der Waals surface area contributed by atoms with Crippen LogP contribution in [0.5, 0.6) is 0 Å². The molecule has 94 valence electrons. The highest BCUT2D eigenvalue weighted by atomic mass is 16.5. The summed E-state index contributed by atoms with van der Waals surface area (Å²) in [5, 5.41) is 3.18. The van der Waals surface area contributed by atoms with E-state index in [1.807, 2.05) is 27.8 Å². The molecule has 0 bridgehead atoms. The molecule has 4 heteroatoms. The highest BCUT2D eigenvalue weighted by molar-refractivity contribution is 5.48. The third-order valence-electron chi connectivity index (χ3n) is 3.21. The molecule has 1 heterocycles. The van der Waals surface area contributed by atoms with Gasteiger partial charge in [-0.2, -0.15) is 0 Å². The van der Waals surface area contributed by atoms with Gasteiger partial charge in [-0.05, 0) is 40.0 Å². The van der Waals surface area contributed by atoms with Crippen LogP contribution in [0, 0.1) is 0 Å². The summed E-state index contributed by atoms with van der Waals surface area (Å²) in [7, 11) is 1.92. The summed E-state index contributed by atoms with van der Waals surface area (Å²) in [6, 6.07) is 0. The monoisotopic (exact) mass is 235 g/mol. The molecule has 0 aromatic carbocycles. The topological polar surface area (TPSA) is 47.0 Å². The summed E-state index contributed by atoms with van der Waals surface area (Å²) < 4.78 is 5.72.